The number of halogens is 1. The van der Waals surface area contributed by atoms with Gasteiger partial charge in [-0.1, -0.05) is 39.0 Å². The maximum absolute atomic E-state index is 15.2. The minimum Gasteiger partial charge on any atom is -0.307 e. The van der Waals surface area contributed by atoms with Gasteiger partial charge in [-0.05, 0) is 23.3 Å². The van der Waals surface area contributed by atoms with Gasteiger partial charge in [-0.15, -0.1) is 11.8 Å². The molecule has 0 amide bonds. The highest BCUT2D eigenvalue weighted by atomic mass is 32.2. The van der Waals surface area contributed by atoms with Crippen molar-refractivity contribution in [2.45, 2.75) is 31.1 Å². The number of imidazole rings is 1. The smallest absolute Gasteiger partial charge is 0.145 e. The molecule has 0 aliphatic rings. The molecule has 2 aromatic heterocycles. The first-order valence-corrected chi connectivity index (χ1v) is 8.45. The van der Waals surface area contributed by atoms with Crippen LogP contribution in [0.1, 0.15) is 26.3 Å². The van der Waals surface area contributed by atoms with Gasteiger partial charge in [0.25, 0.3) is 0 Å². The molecule has 3 rings (SSSR count). The number of rotatable bonds is 2. The van der Waals surface area contributed by atoms with E-state index in [1.165, 1.54) is 0 Å². The van der Waals surface area contributed by atoms with Crippen LogP contribution in [0.4, 0.5) is 4.39 Å². The lowest BCUT2D eigenvalue weighted by Crippen LogP contribution is -2.14. The van der Waals surface area contributed by atoms with Crippen molar-refractivity contribution in [3.8, 4) is 11.1 Å². The maximum atomic E-state index is 15.2. The molecule has 3 aromatic rings. The van der Waals surface area contributed by atoms with Crippen molar-refractivity contribution >= 4 is 17.4 Å². The van der Waals surface area contributed by atoms with Crippen LogP contribution in [0.25, 0.3) is 16.8 Å². The highest BCUT2D eigenvalue weighted by Crippen LogP contribution is 2.37. The van der Waals surface area contributed by atoms with Gasteiger partial charge in [-0.25, -0.2) is 9.37 Å². The van der Waals surface area contributed by atoms with E-state index in [1.807, 2.05) is 68.1 Å². The summed E-state index contributed by atoms with van der Waals surface area (Å²) in [6, 6.07) is 7.64. The minimum absolute atomic E-state index is 0.151. The Hall–Kier alpha value is -1.81. The Morgan fingerprint density at radius 1 is 1.14 bits per heavy atom. The van der Waals surface area contributed by atoms with Gasteiger partial charge >= 0.3 is 0 Å². The first-order chi connectivity index (χ1) is 10.4. The van der Waals surface area contributed by atoms with Crippen LogP contribution in [0, 0.1) is 5.82 Å². The Balaban J connectivity index is 2.35. The molecule has 0 spiro atoms. The van der Waals surface area contributed by atoms with Gasteiger partial charge in [-0.3, -0.25) is 0 Å². The molecule has 0 atom stereocenters. The molecule has 2 nitrogen and oxygen atoms in total. The van der Waals surface area contributed by atoms with Crippen LogP contribution in [0.3, 0.4) is 0 Å². The monoisotopic (exact) mass is 314 g/mol. The van der Waals surface area contributed by atoms with Gasteiger partial charge < -0.3 is 4.40 Å². The van der Waals surface area contributed by atoms with Gasteiger partial charge in [-0.2, -0.15) is 0 Å². The summed E-state index contributed by atoms with van der Waals surface area (Å²) in [5.74, 6) is -0.151. The van der Waals surface area contributed by atoms with Crippen LogP contribution in [0.5, 0.6) is 0 Å². The van der Waals surface area contributed by atoms with Gasteiger partial charge in [0.1, 0.15) is 11.5 Å². The number of fused-ring (bicyclic) bond motifs is 1. The molecular formula is C18H19FN2S. The molecule has 22 heavy (non-hydrogen) atoms. The number of thioether (sulfide) groups is 1. The second kappa shape index (κ2) is 5.43. The predicted octanol–water partition coefficient (Wildman–Crippen LogP) is 5.16. The molecule has 0 unspecified atom stereocenters. The van der Waals surface area contributed by atoms with E-state index in [9.17, 15) is 0 Å². The fourth-order valence-corrected chi connectivity index (χ4v) is 3.30. The molecule has 114 valence electrons. The van der Waals surface area contributed by atoms with Crippen LogP contribution in [-0.4, -0.2) is 15.6 Å². The standard InChI is InChI=1S/C18H19FN2S/c1-18(2,3)13-7-5-6-12(16(13)19)15-14(22-4)8-10-21-11-9-20-17(15)21/h5-11H,1-4H3. The Bertz CT molecular complexity index is 831. The van der Waals surface area contributed by atoms with Crippen LogP contribution >= 0.6 is 11.8 Å². The van der Waals surface area contributed by atoms with E-state index in [-0.39, 0.29) is 11.2 Å². The fraction of sp³-hybridized carbons (Fsp3) is 0.278. The molecular weight excluding hydrogens is 295 g/mol. The normalized spacial score (nSPS) is 12.0. The van der Waals surface area contributed by atoms with Crippen molar-refractivity contribution in [1.82, 2.24) is 9.38 Å². The molecule has 2 heterocycles. The Morgan fingerprint density at radius 2 is 1.91 bits per heavy atom. The molecule has 0 saturated heterocycles. The molecule has 0 bridgehead atoms. The van der Waals surface area contributed by atoms with Crippen molar-refractivity contribution in [3.05, 3.63) is 54.2 Å². The zero-order chi connectivity index (χ0) is 15.9. The van der Waals surface area contributed by atoms with Gasteiger partial charge in [0.05, 0.1) is 0 Å². The molecule has 0 saturated carbocycles. The largest absolute Gasteiger partial charge is 0.307 e. The van der Waals surface area contributed by atoms with E-state index < -0.39 is 0 Å². The summed E-state index contributed by atoms with van der Waals surface area (Å²) in [6.45, 7) is 6.09. The number of benzene rings is 1. The summed E-state index contributed by atoms with van der Waals surface area (Å²) in [5.41, 5.74) is 2.76. The number of nitrogens with zero attached hydrogens (tertiary/aromatic N) is 2. The summed E-state index contributed by atoms with van der Waals surface area (Å²) in [5, 5.41) is 0. The lowest BCUT2D eigenvalue weighted by atomic mass is 9.85. The lowest BCUT2D eigenvalue weighted by molar-refractivity contribution is 0.525. The quantitative estimate of drug-likeness (QED) is 0.608. The third kappa shape index (κ3) is 2.41. The minimum atomic E-state index is -0.236. The highest BCUT2D eigenvalue weighted by molar-refractivity contribution is 7.98. The third-order valence-electron chi connectivity index (χ3n) is 3.82. The summed E-state index contributed by atoms with van der Waals surface area (Å²) < 4.78 is 17.1. The van der Waals surface area contributed by atoms with Crippen molar-refractivity contribution < 1.29 is 4.39 Å². The van der Waals surface area contributed by atoms with Crippen molar-refractivity contribution in [3.63, 3.8) is 0 Å². The second-order valence-electron chi connectivity index (χ2n) is 6.33. The number of hydrogen-bond acceptors (Lipinski definition) is 2. The average Bonchev–Trinajstić information content (AvgIpc) is 2.94. The van der Waals surface area contributed by atoms with Crippen LogP contribution in [0.15, 0.2) is 47.8 Å². The topological polar surface area (TPSA) is 17.3 Å². The molecule has 0 radical (unpaired) electrons. The highest BCUT2D eigenvalue weighted by Gasteiger charge is 2.23. The molecule has 0 aliphatic heterocycles. The van der Waals surface area contributed by atoms with E-state index in [0.717, 1.165) is 21.7 Å². The first-order valence-electron chi connectivity index (χ1n) is 7.22. The Morgan fingerprint density at radius 3 is 2.59 bits per heavy atom. The summed E-state index contributed by atoms with van der Waals surface area (Å²) in [7, 11) is 0. The van der Waals surface area contributed by atoms with Gasteiger partial charge in [0, 0.05) is 34.6 Å². The SMILES string of the molecule is CSc1ccn2ccnc2c1-c1cccc(C(C)(C)C)c1F. The number of aromatic nitrogens is 2. The van der Waals surface area contributed by atoms with E-state index in [0.29, 0.717) is 5.56 Å². The van der Waals surface area contributed by atoms with Gasteiger partial charge in [0.2, 0.25) is 0 Å². The predicted molar refractivity (Wildman–Crippen MR) is 91.1 cm³/mol. The van der Waals surface area contributed by atoms with E-state index in [2.05, 4.69) is 4.98 Å². The van der Waals surface area contributed by atoms with Crippen LogP contribution in [-0.2, 0) is 5.41 Å². The zero-order valence-corrected chi connectivity index (χ0v) is 14.0. The molecule has 4 heteroatoms. The summed E-state index contributed by atoms with van der Waals surface area (Å²) in [4.78, 5) is 5.45. The molecule has 0 aliphatic carbocycles. The van der Waals surface area contributed by atoms with Crippen molar-refractivity contribution in [1.29, 1.82) is 0 Å². The number of hydrogen-bond donors (Lipinski definition) is 0. The average molecular weight is 314 g/mol. The van der Waals surface area contributed by atoms with Gasteiger partial charge in [0.15, 0.2) is 0 Å². The molecule has 0 fully saturated rings. The number of pyridine rings is 1. The van der Waals surface area contributed by atoms with Crippen LogP contribution in [0.2, 0.25) is 0 Å². The lowest BCUT2D eigenvalue weighted by Gasteiger charge is -2.22. The Labute approximate surface area is 134 Å². The third-order valence-corrected chi connectivity index (χ3v) is 4.60. The van der Waals surface area contributed by atoms with Crippen molar-refractivity contribution in [2.24, 2.45) is 0 Å². The van der Waals surface area contributed by atoms with Crippen LogP contribution < -0.4 is 0 Å². The summed E-state index contributed by atoms with van der Waals surface area (Å²) >= 11 is 1.61. The summed E-state index contributed by atoms with van der Waals surface area (Å²) in [6.07, 6.45) is 7.59. The Kier molecular flexibility index (Phi) is 3.73. The second-order valence-corrected chi connectivity index (χ2v) is 7.18. The van der Waals surface area contributed by atoms with E-state index in [4.69, 9.17) is 0 Å². The van der Waals surface area contributed by atoms with E-state index >= 15 is 4.39 Å². The fourth-order valence-electron chi connectivity index (χ4n) is 2.70. The maximum Gasteiger partial charge on any atom is 0.145 e. The molecule has 1 aromatic carbocycles. The molecule has 0 N–H and O–H groups in total. The van der Waals surface area contributed by atoms with Crippen molar-refractivity contribution in [2.75, 3.05) is 6.26 Å². The first kappa shape index (κ1) is 15.1. The zero-order valence-electron chi connectivity index (χ0n) is 13.2. The van der Waals surface area contributed by atoms with E-state index in [1.54, 1.807) is 18.0 Å².